The Morgan fingerprint density at radius 1 is 1.06 bits per heavy atom. The van der Waals surface area contributed by atoms with Crippen LogP contribution in [0.5, 0.6) is 0 Å². The Kier molecular flexibility index (Phi) is 4.44. The summed E-state index contributed by atoms with van der Waals surface area (Å²) in [6.45, 7) is 0. The third-order valence-corrected chi connectivity index (χ3v) is 4.18. The normalized spacial score (nSPS) is 12.1. The summed E-state index contributed by atoms with van der Waals surface area (Å²) in [6.07, 6.45) is 0. The van der Waals surface area contributed by atoms with Gasteiger partial charge in [0.1, 0.15) is 5.25 Å². The van der Waals surface area contributed by atoms with E-state index in [4.69, 9.17) is 0 Å². The summed E-state index contributed by atoms with van der Waals surface area (Å²) in [5.41, 5.74) is 0.804. The molecule has 18 heavy (non-hydrogen) atoms. The van der Waals surface area contributed by atoms with Gasteiger partial charge in [-0.05, 0) is 29.8 Å². The number of hydrogen-bond donors (Lipinski definition) is 1. The molecule has 0 aromatic heterocycles. The van der Waals surface area contributed by atoms with Crippen molar-refractivity contribution in [3.05, 3.63) is 64.6 Å². The largest absolute Gasteiger partial charge is 0.480 e. The molecule has 0 fully saturated rings. The lowest BCUT2D eigenvalue weighted by atomic mass is 10.1. The average molecular weight is 323 g/mol. The molecule has 0 saturated carbocycles. The van der Waals surface area contributed by atoms with Crippen LogP contribution >= 0.6 is 27.7 Å². The van der Waals surface area contributed by atoms with E-state index in [2.05, 4.69) is 15.9 Å². The molecule has 0 aliphatic heterocycles. The molecule has 0 unspecified atom stereocenters. The molecule has 1 N–H and O–H groups in total. The Balaban J connectivity index is 2.22. The third kappa shape index (κ3) is 3.37. The summed E-state index contributed by atoms with van der Waals surface area (Å²) in [4.78, 5) is 12.3. The lowest BCUT2D eigenvalue weighted by molar-refractivity contribution is -0.136. The molecule has 4 heteroatoms. The SMILES string of the molecule is O=C(O)[C@H](Sc1ccc(Br)cc1)c1ccccc1. The van der Waals surface area contributed by atoms with Crippen molar-refractivity contribution in [3.63, 3.8) is 0 Å². The molecule has 0 saturated heterocycles. The molecule has 0 bridgehead atoms. The van der Waals surface area contributed by atoms with Gasteiger partial charge in [0.25, 0.3) is 0 Å². The Labute approximate surface area is 118 Å². The van der Waals surface area contributed by atoms with E-state index in [0.717, 1.165) is 14.9 Å². The molecule has 2 aromatic carbocycles. The van der Waals surface area contributed by atoms with E-state index in [1.807, 2.05) is 54.6 Å². The van der Waals surface area contributed by atoms with Gasteiger partial charge in [-0.15, -0.1) is 11.8 Å². The number of hydrogen-bond acceptors (Lipinski definition) is 2. The molecule has 2 aromatic rings. The van der Waals surface area contributed by atoms with Crippen LogP contribution in [-0.4, -0.2) is 11.1 Å². The first-order chi connectivity index (χ1) is 8.66. The first-order valence-electron chi connectivity index (χ1n) is 5.37. The first kappa shape index (κ1) is 13.2. The highest BCUT2D eigenvalue weighted by atomic mass is 79.9. The van der Waals surface area contributed by atoms with Gasteiger partial charge in [-0.1, -0.05) is 46.3 Å². The minimum absolute atomic E-state index is 0.577. The van der Waals surface area contributed by atoms with E-state index in [1.165, 1.54) is 11.8 Å². The van der Waals surface area contributed by atoms with Crippen molar-refractivity contribution in [3.8, 4) is 0 Å². The summed E-state index contributed by atoms with van der Waals surface area (Å²) in [5.74, 6) is -0.825. The van der Waals surface area contributed by atoms with Gasteiger partial charge in [0, 0.05) is 9.37 Å². The topological polar surface area (TPSA) is 37.3 Å². The number of carboxylic acids is 1. The zero-order valence-electron chi connectivity index (χ0n) is 9.42. The zero-order valence-corrected chi connectivity index (χ0v) is 11.8. The second-order valence-electron chi connectivity index (χ2n) is 3.70. The molecule has 92 valence electrons. The van der Waals surface area contributed by atoms with Crippen LogP contribution in [0.3, 0.4) is 0 Å². The number of halogens is 1. The molecular formula is C14H11BrO2S. The van der Waals surface area contributed by atoms with Crippen molar-refractivity contribution in [2.24, 2.45) is 0 Å². The predicted octanol–water partition coefficient (Wildman–Crippen LogP) is 4.37. The molecule has 0 spiro atoms. The fourth-order valence-corrected chi connectivity index (χ4v) is 2.76. The number of aliphatic carboxylic acids is 1. The standard InChI is InChI=1S/C14H11BrO2S/c15-11-6-8-12(9-7-11)18-13(14(16)17)10-4-2-1-3-5-10/h1-9,13H,(H,16,17)/t13-/m1/s1. The zero-order chi connectivity index (χ0) is 13.0. The minimum Gasteiger partial charge on any atom is -0.480 e. The minimum atomic E-state index is -0.825. The maximum absolute atomic E-state index is 11.3. The number of rotatable bonds is 4. The lowest BCUT2D eigenvalue weighted by Crippen LogP contribution is -2.07. The number of carboxylic acid groups (broad SMARTS) is 1. The molecule has 0 aliphatic rings. The van der Waals surface area contributed by atoms with Gasteiger partial charge in [0.15, 0.2) is 0 Å². The van der Waals surface area contributed by atoms with Gasteiger partial charge < -0.3 is 5.11 Å². The fourth-order valence-electron chi connectivity index (χ4n) is 1.54. The van der Waals surface area contributed by atoms with E-state index in [9.17, 15) is 9.90 Å². The summed E-state index contributed by atoms with van der Waals surface area (Å²) in [6, 6.07) is 16.9. The molecule has 0 aliphatic carbocycles. The van der Waals surface area contributed by atoms with E-state index in [1.54, 1.807) is 0 Å². The summed E-state index contributed by atoms with van der Waals surface area (Å²) < 4.78 is 0.985. The van der Waals surface area contributed by atoms with Crippen molar-refractivity contribution >= 4 is 33.7 Å². The van der Waals surface area contributed by atoms with Crippen LogP contribution in [0.25, 0.3) is 0 Å². The molecule has 0 amide bonds. The van der Waals surface area contributed by atoms with Gasteiger partial charge in [0.05, 0.1) is 0 Å². The van der Waals surface area contributed by atoms with Crippen LogP contribution in [0.15, 0.2) is 64.0 Å². The van der Waals surface area contributed by atoms with Gasteiger partial charge in [0.2, 0.25) is 0 Å². The Bertz CT molecular complexity index is 525. The van der Waals surface area contributed by atoms with Gasteiger partial charge in [-0.25, -0.2) is 0 Å². The summed E-state index contributed by atoms with van der Waals surface area (Å²) in [7, 11) is 0. The molecule has 2 nitrogen and oxygen atoms in total. The van der Waals surface area contributed by atoms with Crippen LogP contribution in [0.2, 0.25) is 0 Å². The van der Waals surface area contributed by atoms with E-state index < -0.39 is 11.2 Å². The maximum Gasteiger partial charge on any atom is 0.321 e. The smallest absolute Gasteiger partial charge is 0.321 e. The van der Waals surface area contributed by atoms with Crippen LogP contribution in [-0.2, 0) is 4.79 Å². The number of carbonyl (C=O) groups is 1. The van der Waals surface area contributed by atoms with Crippen LogP contribution in [0.1, 0.15) is 10.8 Å². The molecular weight excluding hydrogens is 312 g/mol. The van der Waals surface area contributed by atoms with Gasteiger partial charge in [-0.2, -0.15) is 0 Å². The van der Waals surface area contributed by atoms with Gasteiger partial charge in [-0.3, -0.25) is 4.79 Å². The van der Waals surface area contributed by atoms with Crippen LogP contribution in [0, 0.1) is 0 Å². The second kappa shape index (κ2) is 6.07. The van der Waals surface area contributed by atoms with Gasteiger partial charge >= 0.3 is 5.97 Å². The highest BCUT2D eigenvalue weighted by Gasteiger charge is 2.20. The monoisotopic (exact) mass is 322 g/mol. The third-order valence-electron chi connectivity index (χ3n) is 2.39. The van der Waals surface area contributed by atoms with Crippen molar-refractivity contribution in [1.82, 2.24) is 0 Å². The molecule has 1 atom stereocenters. The van der Waals surface area contributed by atoms with Crippen molar-refractivity contribution in [2.45, 2.75) is 10.1 Å². The molecule has 0 heterocycles. The average Bonchev–Trinajstić information content (AvgIpc) is 2.38. The molecule has 2 rings (SSSR count). The first-order valence-corrected chi connectivity index (χ1v) is 7.04. The lowest BCUT2D eigenvalue weighted by Gasteiger charge is -2.12. The summed E-state index contributed by atoms with van der Waals surface area (Å²) >= 11 is 4.70. The van der Waals surface area contributed by atoms with E-state index in [0.29, 0.717) is 0 Å². The quantitative estimate of drug-likeness (QED) is 0.849. The van der Waals surface area contributed by atoms with Crippen LogP contribution < -0.4 is 0 Å². The van der Waals surface area contributed by atoms with Crippen LogP contribution in [0.4, 0.5) is 0 Å². The van der Waals surface area contributed by atoms with E-state index in [-0.39, 0.29) is 0 Å². The predicted molar refractivity (Wildman–Crippen MR) is 76.8 cm³/mol. The summed E-state index contributed by atoms with van der Waals surface area (Å²) in [5, 5.41) is 8.74. The number of thioether (sulfide) groups is 1. The highest BCUT2D eigenvalue weighted by molar-refractivity contribution is 9.10. The van der Waals surface area contributed by atoms with Crippen molar-refractivity contribution in [1.29, 1.82) is 0 Å². The fraction of sp³-hybridized carbons (Fsp3) is 0.0714. The van der Waals surface area contributed by atoms with Crippen molar-refractivity contribution < 1.29 is 9.90 Å². The highest BCUT2D eigenvalue weighted by Crippen LogP contribution is 2.35. The molecule has 0 radical (unpaired) electrons. The Morgan fingerprint density at radius 3 is 2.22 bits per heavy atom. The Hall–Kier alpha value is -1.26. The second-order valence-corrected chi connectivity index (χ2v) is 5.79. The van der Waals surface area contributed by atoms with Crippen molar-refractivity contribution in [2.75, 3.05) is 0 Å². The van der Waals surface area contributed by atoms with E-state index >= 15 is 0 Å². The Morgan fingerprint density at radius 2 is 1.67 bits per heavy atom. The maximum atomic E-state index is 11.3. The number of benzene rings is 2.